The molecule has 0 aromatic rings. The summed E-state index contributed by atoms with van der Waals surface area (Å²) in [5.74, 6) is -0.189. The van der Waals surface area contributed by atoms with Crippen molar-refractivity contribution in [3.63, 3.8) is 0 Å². The van der Waals surface area contributed by atoms with Crippen LogP contribution < -0.4 is 0 Å². The van der Waals surface area contributed by atoms with Gasteiger partial charge in [0.05, 0.1) is 26.4 Å². The SMILES string of the molecule is CC1OCCCO1.CCN1CCC2(CC1)OCCO2.CCN1CCCC1.CCN1CCCCC1.CCN1CCCCC1.COC1CCCCO1. The molecule has 0 radical (unpaired) electrons. The van der Waals surface area contributed by atoms with Crippen LogP contribution in [0.1, 0.15) is 125 Å². The maximum Gasteiger partial charge on any atom is 0.170 e. The Labute approximate surface area is 309 Å². The molecule has 0 amide bonds. The molecule has 298 valence electrons. The summed E-state index contributed by atoms with van der Waals surface area (Å²) in [6.45, 7) is 30.2. The van der Waals surface area contributed by atoms with Crippen molar-refractivity contribution in [1.29, 1.82) is 0 Å². The first kappa shape index (κ1) is 45.8. The second-order valence-electron chi connectivity index (χ2n) is 14.4. The fourth-order valence-electron chi connectivity index (χ4n) is 7.15. The van der Waals surface area contributed by atoms with Crippen molar-refractivity contribution in [2.45, 2.75) is 143 Å². The van der Waals surface area contributed by atoms with E-state index in [1.165, 1.54) is 123 Å². The summed E-state index contributed by atoms with van der Waals surface area (Å²) in [7, 11) is 1.69. The smallest absolute Gasteiger partial charge is 0.170 e. The Bertz CT molecular complexity index is 679. The van der Waals surface area contributed by atoms with Gasteiger partial charge in [0.1, 0.15) is 0 Å². The normalized spacial score (nSPS) is 26.4. The average molecular weight is 715 g/mol. The Hall–Kier alpha value is -0.400. The molecule has 0 bridgehead atoms. The Morgan fingerprint density at radius 1 is 0.480 bits per heavy atom. The highest BCUT2D eigenvalue weighted by molar-refractivity contribution is 4.82. The van der Waals surface area contributed by atoms with Crippen LogP contribution in [0.3, 0.4) is 0 Å². The summed E-state index contributed by atoms with van der Waals surface area (Å²) >= 11 is 0. The van der Waals surface area contributed by atoms with Gasteiger partial charge in [0, 0.05) is 39.6 Å². The molecule has 1 spiro atoms. The van der Waals surface area contributed by atoms with Gasteiger partial charge in [-0.15, -0.1) is 0 Å². The van der Waals surface area contributed by atoms with E-state index in [0.717, 1.165) is 78.4 Å². The molecular formula is C40H82N4O6. The zero-order valence-corrected chi connectivity index (χ0v) is 33.8. The van der Waals surface area contributed by atoms with E-state index in [1.807, 2.05) is 6.92 Å². The third-order valence-electron chi connectivity index (χ3n) is 10.7. The number of hydrogen-bond donors (Lipinski definition) is 0. The molecule has 50 heavy (non-hydrogen) atoms. The van der Waals surface area contributed by atoms with Gasteiger partial charge in [-0.2, -0.15) is 0 Å². The molecule has 0 aromatic carbocycles. The quantitative estimate of drug-likeness (QED) is 0.302. The predicted molar refractivity (Wildman–Crippen MR) is 206 cm³/mol. The predicted octanol–water partition coefficient (Wildman–Crippen LogP) is 6.86. The molecule has 7 heterocycles. The first-order valence-corrected chi connectivity index (χ1v) is 21.0. The third kappa shape index (κ3) is 21.3. The van der Waals surface area contributed by atoms with E-state index in [2.05, 4.69) is 47.3 Å². The lowest BCUT2D eigenvalue weighted by Crippen LogP contribution is -2.44. The van der Waals surface area contributed by atoms with Gasteiger partial charge >= 0.3 is 0 Å². The number of nitrogens with zero attached hydrogens (tertiary/aromatic N) is 4. The van der Waals surface area contributed by atoms with Gasteiger partial charge in [0.25, 0.3) is 0 Å². The van der Waals surface area contributed by atoms with Crippen molar-refractivity contribution in [3.05, 3.63) is 0 Å². The fourth-order valence-corrected chi connectivity index (χ4v) is 7.15. The monoisotopic (exact) mass is 715 g/mol. The van der Waals surface area contributed by atoms with Gasteiger partial charge < -0.3 is 48.0 Å². The van der Waals surface area contributed by atoms with E-state index >= 15 is 0 Å². The topological polar surface area (TPSA) is 68.3 Å². The summed E-state index contributed by atoms with van der Waals surface area (Å²) in [5.41, 5.74) is 0. The lowest BCUT2D eigenvalue weighted by Gasteiger charge is -2.36. The maximum atomic E-state index is 5.63. The van der Waals surface area contributed by atoms with Crippen LogP contribution in [0, 0.1) is 0 Å². The van der Waals surface area contributed by atoms with Crippen molar-refractivity contribution in [2.24, 2.45) is 0 Å². The van der Waals surface area contributed by atoms with Crippen molar-refractivity contribution in [1.82, 2.24) is 19.6 Å². The van der Waals surface area contributed by atoms with Crippen molar-refractivity contribution in [2.75, 3.05) is 119 Å². The Morgan fingerprint density at radius 2 is 0.880 bits per heavy atom. The standard InChI is InChI=1S/C9H17NO2.2C7H15N.C6H13N.C6H12O2.C5H10O2/c1-2-10-5-3-9(4-6-10)11-7-8-12-9;2*1-2-8-6-4-3-5-7-8;1-2-7-5-3-4-6-7;1-7-6-4-2-3-5-8-6;1-5-6-3-2-4-7-5/h2-8H2,1H3;2*2-7H2,1H3;2-6H2,1H3;6H,2-5H2,1H3;5H,2-4H2,1H3. The molecule has 1 unspecified atom stereocenters. The minimum atomic E-state index is -0.189. The van der Waals surface area contributed by atoms with E-state index in [0.29, 0.717) is 0 Å². The van der Waals surface area contributed by atoms with E-state index in [4.69, 9.17) is 28.4 Å². The first-order valence-electron chi connectivity index (χ1n) is 21.0. The lowest BCUT2D eigenvalue weighted by molar-refractivity contribution is -0.184. The fraction of sp³-hybridized carbons (Fsp3) is 1.00. The summed E-state index contributed by atoms with van der Waals surface area (Å²) in [6.07, 6.45) is 18.2. The molecule has 10 nitrogen and oxygen atoms in total. The molecule has 7 rings (SSSR count). The number of hydrogen-bond acceptors (Lipinski definition) is 10. The Kier molecular flexibility index (Phi) is 27.4. The van der Waals surface area contributed by atoms with E-state index in [1.54, 1.807) is 7.11 Å². The van der Waals surface area contributed by atoms with Gasteiger partial charge in [-0.3, -0.25) is 0 Å². The van der Waals surface area contributed by atoms with Gasteiger partial charge in [-0.05, 0) is 137 Å². The molecule has 7 aliphatic rings. The Morgan fingerprint density at radius 3 is 1.18 bits per heavy atom. The van der Waals surface area contributed by atoms with Gasteiger partial charge in [-0.25, -0.2) is 0 Å². The minimum Gasteiger partial charge on any atom is -0.356 e. The zero-order chi connectivity index (χ0) is 36.1. The Balaban J connectivity index is 0.000000211. The molecule has 0 saturated carbocycles. The average Bonchev–Trinajstić information content (AvgIpc) is 3.91. The molecule has 1 atom stereocenters. The van der Waals surface area contributed by atoms with Crippen LogP contribution in [-0.4, -0.2) is 157 Å². The molecule has 7 saturated heterocycles. The lowest BCUT2D eigenvalue weighted by atomic mass is 10.0. The second-order valence-corrected chi connectivity index (χ2v) is 14.4. The van der Waals surface area contributed by atoms with Crippen LogP contribution in [0.15, 0.2) is 0 Å². The highest BCUT2D eigenvalue weighted by atomic mass is 16.7. The molecule has 0 aliphatic carbocycles. The van der Waals surface area contributed by atoms with Crippen molar-refractivity contribution in [3.8, 4) is 0 Å². The number of methoxy groups -OCH3 is 1. The van der Waals surface area contributed by atoms with Crippen LogP contribution in [0.25, 0.3) is 0 Å². The van der Waals surface area contributed by atoms with E-state index in [9.17, 15) is 0 Å². The summed E-state index contributed by atoms with van der Waals surface area (Å²) < 4.78 is 31.5. The van der Waals surface area contributed by atoms with Gasteiger partial charge in [-0.1, -0.05) is 40.5 Å². The van der Waals surface area contributed by atoms with Crippen LogP contribution in [0.2, 0.25) is 0 Å². The number of likely N-dealkylation sites (tertiary alicyclic amines) is 4. The van der Waals surface area contributed by atoms with Crippen LogP contribution in [0.4, 0.5) is 0 Å². The second kappa shape index (κ2) is 30.0. The van der Waals surface area contributed by atoms with Crippen LogP contribution in [0.5, 0.6) is 0 Å². The van der Waals surface area contributed by atoms with E-state index < -0.39 is 0 Å². The van der Waals surface area contributed by atoms with Crippen LogP contribution in [-0.2, 0) is 28.4 Å². The van der Waals surface area contributed by atoms with Gasteiger partial charge in [0.2, 0.25) is 0 Å². The van der Waals surface area contributed by atoms with Gasteiger partial charge in [0.15, 0.2) is 18.4 Å². The van der Waals surface area contributed by atoms with Crippen LogP contribution >= 0.6 is 0 Å². The minimum absolute atomic E-state index is 0.0359. The number of rotatable bonds is 5. The number of piperidine rings is 3. The van der Waals surface area contributed by atoms with Crippen molar-refractivity contribution >= 4 is 0 Å². The third-order valence-corrected chi connectivity index (χ3v) is 10.7. The number of ether oxygens (including phenoxy) is 6. The van der Waals surface area contributed by atoms with E-state index in [-0.39, 0.29) is 18.4 Å². The molecule has 0 N–H and O–H groups in total. The molecule has 7 aliphatic heterocycles. The molecule has 0 aromatic heterocycles. The molecular weight excluding hydrogens is 632 g/mol. The highest BCUT2D eigenvalue weighted by Crippen LogP contribution is 2.30. The maximum absolute atomic E-state index is 5.63. The highest BCUT2D eigenvalue weighted by Gasteiger charge is 2.39. The molecule has 7 fully saturated rings. The first-order chi connectivity index (χ1) is 24.5. The summed E-state index contributed by atoms with van der Waals surface area (Å²) in [4.78, 5) is 9.96. The molecule has 10 heteroatoms. The largest absolute Gasteiger partial charge is 0.356 e. The van der Waals surface area contributed by atoms with Crippen molar-refractivity contribution < 1.29 is 28.4 Å². The summed E-state index contributed by atoms with van der Waals surface area (Å²) in [6, 6.07) is 0. The zero-order valence-electron chi connectivity index (χ0n) is 33.8. The summed E-state index contributed by atoms with van der Waals surface area (Å²) in [5, 5.41) is 0.